The van der Waals surface area contributed by atoms with E-state index in [0.717, 1.165) is 58.7 Å². The maximum absolute atomic E-state index is 11.9. The highest BCUT2D eigenvalue weighted by atomic mass is 16.5. The molecular formula is C14H28N2O3. The number of carbonyl (C=O) groups excluding carboxylic acids is 1. The van der Waals surface area contributed by atoms with Crippen LogP contribution in [0.15, 0.2) is 0 Å². The summed E-state index contributed by atoms with van der Waals surface area (Å²) in [5.74, 6) is -0.123. The van der Waals surface area contributed by atoms with Gasteiger partial charge in [-0.05, 0) is 32.7 Å². The summed E-state index contributed by atoms with van der Waals surface area (Å²) in [5.41, 5.74) is 0. The van der Waals surface area contributed by atoms with E-state index in [1.54, 1.807) is 0 Å². The van der Waals surface area contributed by atoms with Crippen molar-refractivity contribution in [1.82, 2.24) is 10.2 Å². The largest absolute Gasteiger partial charge is 0.465 e. The third-order valence-corrected chi connectivity index (χ3v) is 3.26. The lowest BCUT2D eigenvalue weighted by atomic mass is 10.2. The standard InChI is InChI=1S/C14H28N2O3/c1-3-7-15-13(14(17)19-4-2)6-9-16-8-5-11-18-12-10-16/h13,15H,3-12H2,1-2H3. The molecule has 1 heterocycles. The number of rotatable bonds is 8. The zero-order valence-electron chi connectivity index (χ0n) is 12.3. The van der Waals surface area contributed by atoms with Crippen molar-refractivity contribution in [2.75, 3.05) is 46.0 Å². The first-order valence-electron chi connectivity index (χ1n) is 7.48. The van der Waals surface area contributed by atoms with E-state index < -0.39 is 0 Å². The Kier molecular flexibility index (Phi) is 8.79. The van der Waals surface area contributed by atoms with E-state index in [4.69, 9.17) is 9.47 Å². The summed E-state index contributed by atoms with van der Waals surface area (Å²) >= 11 is 0. The molecule has 1 fully saturated rings. The SMILES string of the molecule is CCCNC(CCN1CCCOCC1)C(=O)OCC. The summed E-state index contributed by atoms with van der Waals surface area (Å²) in [4.78, 5) is 14.2. The van der Waals surface area contributed by atoms with Crippen LogP contribution in [0, 0.1) is 0 Å². The summed E-state index contributed by atoms with van der Waals surface area (Å²) in [5, 5.41) is 3.28. The van der Waals surface area contributed by atoms with Gasteiger partial charge in [-0.2, -0.15) is 0 Å². The normalized spacial score (nSPS) is 18.8. The summed E-state index contributed by atoms with van der Waals surface area (Å²) in [6.07, 6.45) is 2.90. The zero-order chi connectivity index (χ0) is 13.9. The second-order valence-corrected chi connectivity index (χ2v) is 4.86. The molecule has 0 bridgehead atoms. The molecule has 0 aromatic carbocycles. The van der Waals surface area contributed by atoms with Gasteiger partial charge in [0.25, 0.3) is 0 Å². The topological polar surface area (TPSA) is 50.8 Å². The van der Waals surface area contributed by atoms with E-state index in [-0.39, 0.29) is 12.0 Å². The van der Waals surface area contributed by atoms with Gasteiger partial charge in [0.15, 0.2) is 0 Å². The summed E-state index contributed by atoms with van der Waals surface area (Å²) in [7, 11) is 0. The maximum Gasteiger partial charge on any atom is 0.323 e. The molecule has 5 nitrogen and oxygen atoms in total. The number of hydrogen-bond donors (Lipinski definition) is 1. The second-order valence-electron chi connectivity index (χ2n) is 4.86. The van der Waals surface area contributed by atoms with E-state index in [0.29, 0.717) is 6.61 Å². The number of nitrogens with zero attached hydrogens (tertiary/aromatic N) is 1. The number of carbonyl (C=O) groups is 1. The van der Waals surface area contributed by atoms with Crippen LogP contribution < -0.4 is 5.32 Å². The van der Waals surface area contributed by atoms with Crippen molar-refractivity contribution >= 4 is 5.97 Å². The molecule has 1 aliphatic rings. The lowest BCUT2D eigenvalue weighted by Gasteiger charge is -2.23. The number of ether oxygens (including phenoxy) is 2. The van der Waals surface area contributed by atoms with E-state index in [9.17, 15) is 4.79 Å². The first-order chi connectivity index (χ1) is 9.27. The predicted octanol–water partition coefficient (Wildman–Crippen LogP) is 1.03. The Morgan fingerprint density at radius 1 is 1.37 bits per heavy atom. The predicted molar refractivity (Wildman–Crippen MR) is 75.2 cm³/mol. The molecule has 1 aliphatic heterocycles. The molecular weight excluding hydrogens is 244 g/mol. The van der Waals surface area contributed by atoms with Crippen molar-refractivity contribution in [1.29, 1.82) is 0 Å². The number of hydrogen-bond acceptors (Lipinski definition) is 5. The van der Waals surface area contributed by atoms with E-state index >= 15 is 0 Å². The Morgan fingerprint density at radius 3 is 2.95 bits per heavy atom. The highest BCUT2D eigenvalue weighted by molar-refractivity contribution is 5.75. The monoisotopic (exact) mass is 272 g/mol. The minimum atomic E-state index is -0.177. The van der Waals surface area contributed by atoms with Crippen LogP contribution >= 0.6 is 0 Å². The van der Waals surface area contributed by atoms with Gasteiger partial charge < -0.3 is 19.7 Å². The van der Waals surface area contributed by atoms with Crippen molar-refractivity contribution in [3.63, 3.8) is 0 Å². The van der Waals surface area contributed by atoms with Crippen molar-refractivity contribution in [2.45, 2.75) is 39.2 Å². The lowest BCUT2D eigenvalue weighted by Crippen LogP contribution is -2.41. The molecule has 0 saturated carbocycles. The number of esters is 1. The average Bonchev–Trinajstić information content (AvgIpc) is 2.67. The first-order valence-corrected chi connectivity index (χ1v) is 7.48. The Labute approximate surface area is 116 Å². The van der Waals surface area contributed by atoms with Crippen LogP contribution in [0.4, 0.5) is 0 Å². The van der Waals surface area contributed by atoms with Gasteiger partial charge in [0, 0.05) is 26.2 Å². The van der Waals surface area contributed by atoms with Gasteiger partial charge in [-0.3, -0.25) is 4.79 Å². The molecule has 112 valence electrons. The van der Waals surface area contributed by atoms with E-state index in [1.165, 1.54) is 0 Å². The molecule has 1 N–H and O–H groups in total. The molecule has 19 heavy (non-hydrogen) atoms. The van der Waals surface area contributed by atoms with Crippen molar-refractivity contribution in [2.24, 2.45) is 0 Å². The Hall–Kier alpha value is -0.650. The van der Waals surface area contributed by atoms with Crippen LogP contribution in [0.5, 0.6) is 0 Å². The van der Waals surface area contributed by atoms with Crippen molar-refractivity contribution in [3.8, 4) is 0 Å². The van der Waals surface area contributed by atoms with Gasteiger partial charge in [-0.25, -0.2) is 0 Å². The molecule has 1 saturated heterocycles. The quantitative estimate of drug-likeness (QED) is 0.669. The third kappa shape index (κ3) is 6.89. The summed E-state index contributed by atoms with van der Waals surface area (Å²) in [6, 6.07) is -0.177. The molecule has 0 aromatic heterocycles. The van der Waals surface area contributed by atoms with Crippen LogP contribution in [0.3, 0.4) is 0 Å². The number of nitrogens with one attached hydrogen (secondary N) is 1. The van der Waals surface area contributed by atoms with E-state index in [1.807, 2.05) is 6.92 Å². The molecule has 0 amide bonds. The minimum Gasteiger partial charge on any atom is -0.465 e. The molecule has 0 radical (unpaired) electrons. The van der Waals surface area contributed by atoms with Gasteiger partial charge in [0.05, 0.1) is 13.2 Å². The molecule has 0 aromatic rings. The smallest absolute Gasteiger partial charge is 0.323 e. The first kappa shape index (κ1) is 16.4. The highest BCUT2D eigenvalue weighted by Gasteiger charge is 2.20. The average molecular weight is 272 g/mol. The molecule has 1 unspecified atom stereocenters. The van der Waals surface area contributed by atoms with E-state index in [2.05, 4.69) is 17.1 Å². The second kappa shape index (κ2) is 10.2. The van der Waals surface area contributed by atoms with Crippen molar-refractivity contribution < 1.29 is 14.3 Å². The van der Waals surface area contributed by atoms with Gasteiger partial charge in [0.1, 0.15) is 6.04 Å². The Balaban J connectivity index is 2.35. The van der Waals surface area contributed by atoms with Gasteiger partial charge in [-0.1, -0.05) is 6.92 Å². The van der Waals surface area contributed by atoms with Gasteiger partial charge >= 0.3 is 5.97 Å². The maximum atomic E-state index is 11.9. The van der Waals surface area contributed by atoms with Crippen LogP contribution in [0.1, 0.15) is 33.1 Å². The molecule has 5 heteroatoms. The minimum absolute atomic E-state index is 0.123. The van der Waals surface area contributed by atoms with Gasteiger partial charge in [0.2, 0.25) is 0 Å². The van der Waals surface area contributed by atoms with Crippen LogP contribution in [-0.4, -0.2) is 62.9 Å². The molecule has 0 aliphatic carbocycles. The highest BCUT2D eigenvalue weighted by Crippen LogP contribution is 2.04. The fourth-order valence-electron chi connectivity index (χ4n) is 2.20. The van der Waals surface area contributed by atoms with Gasteiger partial charge in [-0.15, -0.1) is 0 Å². The lowest BCUT2D eigenvalue weighted by molar-refractivity contribution is -0.145. The Bertz CT molecular complexity index is 241. The van der Waals surface area contributed by atoms with Crippen LogP contribution in [-0.2, 0) is 14.3 Å². The van der Waals surface area contributed by atoms with Crippen LogP contribution in [0.2, 0.25) is 0 Å². The third-order valence-electron chi connectivity index (χ3n) is 3.26. The molecule has 1 rings (SSSR count). The fraction of sp³-hybridized carbons (Fsp3) is 0.929. The molecule has 0 spiro atoms. The summed E-state index contributed by atoms with van der Waals surface area (Å²) < 4.78 is 10.6. The Morgan fingerprint density at radius 2 is 2.21 bits per heavy atom. The zero-order valence-corrected chi connectivity index (χ0v) is 12.3. The van der Waals surface area contributed by atoms with Crippen molar-refractivity contribution in [3.05, 3.63) is 0 Å². The molecule has 1 atom stereocenters. The van der Waals surface area contributed by atoms with Crippen LogP contribution in [0.25, 0.3) is 0 Å². The summed E-state index contributed by atoms with van der Waals surface area (Å²) in [6.45, 7) is 9.84. The fourth-order valence-corrected chi connectivity index (χ4v) is 2.20.